The molecule has 2 nitrogen and oxygen atoms in total. The fourth-order valence-corrected chi connectivity index (χ4v) is 2.22. The van der Waals surface area contributed by atoms with Gasteiger partial charge < -0.3 is 4.74 Å². The lowest BCUT2D eigenvalue weighted by atomic mass is 10.2. The summed E-state index contributed by atoms with van der Waals surface area (Å²) in [7, 11) is 0. The normalized spacial score (nSPS) is 10.8. The maximum atomic E-state index is 5.88. The van der Waals surface area contributed by atoms with Crippen LogP contribution in [0.2, 0.25) is 5.02 Å². The summed E-state index contributed by atoms with van der Waals surface area (Å²) in [5.41, 5.74) is 3.01. The van der Waals surface area contributed by atoms with E-state index in [-0.39, 0.29) is 0 Å². The first-order valence-electron chi connectivity index (χ1n) is 7.36. The Morgan fingerprint density at radius 1 is 0.870 bits per heavy atom. The lowest BCUT2D eigenvalue weighted by molar-refractivity contribution is 0.306. The molecule has 3 heteroatoms. The first-order valence-corrected chi connectivity index (χ1v) is 7.74. The van der Waals surface area contributed by atoms with Crippen LogP contribution in [0.4, 0.5) is 5.69 Å². The van der Waals surface area contributed by atoms with Crippen LogP contribution in [0.1, 0.15) is 11.1 Å². The van der Waals surface area contributed by atoms with E-state index in [4.69, 9.17) is 16.3 Å². The molecule has 0 aliphatic rings. The fourth-order valence-electron chi connectivity index (χ4n) is 2.10. The number of rotatable bonds is 5. The summed E-state index contributed by atoms with van der Waals surface area (Å²) >= 11 is 5.88. The Labute approximate surface area is 141 Å². The van der Waals surface area contributed by atoms with Gasteiger partial charge in [0.1, 0.15) is 12.4 Å². The molecular formula is C20H16ClNO. The molecule has 0 atom stereocenters. The van der Waals surface area contributed by atoms with Crippen molar-refractivity contribution in [3.63, 3.8) is 0 Å². The van der Waals surface area contributed by atoms with Gasteiger partial charge in [-0.15, -0.1) is 0 Å². The largest absolute Gasteiger partial charge is 0.489 e. The molecule has 0 spiro atoms. The molecule has 0 heterocycles. The van der Waals surface area contributed by atoms with E-state index in [9.17, 15) is 0 Å². The van der Waals surface area contributed by atoms with Gasteiger partial charge in [-0.25, -0.2) is 0 Å². The third-order valence-electron chi connectivity index (χ3n) is 3.30. The Bertz CT molecular complexity index is 782. The molecular weight excluding hydrogens is 306 g/mol. The molecule has 0 aliphatic heterocycles. The Hall–Kier alpha value is -2.58. The number of aliphatic imine (C=N–C) groups is 1. The van der Waals surface area contributed by atoms with Crippen molar-refractivity contribution in [1.29, 1.82) is 0 Å². The summed E-state index contributed by atoms with van der Waals surface area (Å²) in [6.45, 7) is 0.510. The fraction of sp³-hybridized carbons (Fsp3) is 0.0500. The molecule has 0 unspecified atom stereocenters. The minimum absolute atomic E-state index is 0.510. The van der Waals surface area contributed by atoms with Gasteiger partial charge in [0.15, 0.2) is 0 Å². The molecule has 0 aliphatic carbocycles. The first-order chi connectivity index (χ1) is 11.3. The minimum Gasteiger partial charge on any atom is -0.489 e. The Morgan fingerprint density at radius 2 is 1.65 bits per heavy atom. The lowest BCUT2D eigenvalue weighted by Gasteiger charge is -2.07. The van der Waals surface area contributed by atoms with Crippen molar-refractivity contribution >= 4 is 23.5 Å². The molecule has 3 aromatic carbocycles. The van der Waals surface area contributed by atoms with Crippen molar-refractivity contribution in [1.82, 2.24) is 0 Å². The predicted molar refractivity (Wildman–Crippen MR) is 95.9 cm³/mol. The van der Waals surface area contributed by atoms with Gasteiger partial charge in [-0.3, -0.25) is 4.99 Å². The molecule has 0 saturated carbocycles. The maximum Gasteiger partial charge on any atom is 0.120 e. The van der Waals surface area contributed by atoms with E-state index in [0.29, 0.717) is 6.61 Å². The van der Waals surface area contributed by atoms with E-state index in [1.165, 1.54) is 0 Å². The minimum atomic E-state index is 0.510. The van der Waals surface area contributed by atoms with Crippen molar-refractivity contribution in [2.75, 3.05) is 0 Å². The van der Waals surface area contributed by atoms with Gasteiger partial charge in [-0.05, 0) is 47.5 Å². The molecule has 3 aromatic rings. The zero-order chi connectivity index (χ0) is 15.9. The van der Waals surface area contributed by atoms with Gasteiger partial charge in [-0.1, -0.05) is 54.1 Å². The molecule has 0 saturated heterocycles. The number of hydrogen-bond donors (Lipinski definition) is 0. The highest BCUT2D eigenvalue weighted by molar-refractivity contribution is 6.30. The van der Waals surface area contributed by atoms with E-state index in [0.717, 1.165) is 27.6 Å². The van der Waals surface area contributed by atoms with Crippen molar-refractivity contribution in [2.24, 2.45) is 4.99 Å². The van der Waals surface area contributed by atoms with E-state index in [1.807, 2.05) is 85.1 Å². The maximum absolute atomic E-state index is 5.88. The van der Waals surface area contributed by atoms with Crippen LogP contribution in [-0.4, -0.2) is 6.21 Å². The summed E-state index contributed by atoms with van der Waals surface area (Å²) in [6, 6.07) is 25.4. The zero-order valence-electron chi connectivity index (χ0n) is 12.5. The Balaban J connectivity index is 1.65. The van der Waals surface area contributed by atoms with Gasteiger partial charge in [0.2, 0.25) is 0 Å². The molecule has 0 bridgehead atoms. The molecule has 0 radical (unpaired) electrons. The number of para-hydroxylation sites is 1. The first kappa shape index (κ1) is 15.3. The lowest BCUT2D eigenvalue weighted by Crippen LogP contribution is -1.95. The van der Waals surface area contributed by atoms with Crippen LogP contribution in [-0.2, 0) is 6.61 Å². The van der Waals surface area contributed by atoms with Crippen molar-refractivity contribution < 1.29 is 4.74 Å². The number of hydrogen-bond acceptors (Lipinski definition) is 2. The highest BCUT2D eigenvalue weighted by Crippen LogP contribution is 2.17. The van der Waals surface area contributed by atoms with Gasteiger partial charge in [0.05, 0.1) is 5.69 Å². The van der Waals surface area contributed by atoms with E-state index >= 15 is 0 Å². The Kier molecular flexibility index (Phi) is 5.07. The third-order valence-corrected chi connectivity index (χ3v) is 3.55. The van der Waals surface area contributed by atoms with Gasteiger partial charge in [0, 0.05) is 11.2 Å². The second-order valence-corrected chi connectivity index (χ2v) is 5.52. The molecule has 0 aromatic heterocycles. The second-order valence-electron chi connectivity index (χ2n) is 5.08. The summed E-state index contributed by atoms with van der Waals surface area (Å²) in [6.07, 6.45) is 1.84. The number of benzene rings is 3. The Morgan fingerprint density at radius 3 is 2.43 bits per heavy atom. The summed E-state index contributed by atoms with van der Waals surface area (Å²) in [4.78, 5) is 4.45. The molecule has 0 N–H and O–H groups in total. The summed E-state index contributed by atoms with van der Waals surface area (Å²) in [5.74, 6) is 0.817. The molecule has 3 rings (SSSR count). The number of halogens is 1. The molecule has 0 amide bonds. The van der Waals surface area contributed by atoms with Crippen molar-refractivity contribution in [2.45, 2.75) is 6.61 Å². The average molecular weight is 322 g/mol. The van der Waals surface area contributed by atoms with Crippen LogP contribution in [0.5, 0.6) is 5.75 Å². The molecule has 114 valence electrons. The molecule has 23 heavy (non-hydrogen) atoms. The van der Waals surface area contributed by atoms with Crippen LogP contribution in [0.3, 0.4) is 0 Å². The summed E-state index contributed by atoms with van der Waals surface area (Å²) < 4.78 is 5.82. The van der Waals surface area contributed by atoms with E-state index < -0.39 is 0 Å². The smallest absolute Gasteiger partial charge is 0.120 e. The topological polar surface area (TPSA) is 21.6 Å². The van der Waals surface area contributed by atoms with Crippen molar-refractivity contribution in [3.8, 4) is 5.75 Å². The SMILES string of the molecule is Clc1ccc(COc2cccc(C=Nc3ccccc3)c2)cc1. The monoisotopic (exact) mass is 321 g/mol. The molecule has 0 fully saturated rings. The van der Waals surface area contributed by atoms with Crippen LogP contribution >= 0.6 is 11.6 Å². The standard InChI is InChI=1S/C20H16ClNO/c21-18-11-9-16(10-12-18)15-23-20-8-4-5-17(13-20)14-22-19-6-2-1-3-7-19/h1-14H,15H2. The van der Waals surface area contributed by atoms with E-state index in [2.05, 4.69) is 4.99 Å². The quantitative estimate of drug-likeness (QED) is 0.555. The van der Waals surface area contributed by atoms with Crippen LogP contribution < -0.4 is 4.74 Å². The second kappa shape index (κ2) is 7.61. The third kappa shape index (κ3) is 4.70. The van der Waals surface area contributed by atoms with Gasteiger partial charge in [0.25, 0.3) is 0 Å². The van der Waals surface area contributed by atoms with Crippen LogP contribution in [0, 0.1) is 0 Å². The summed E-state index contributed by atoms with van der Waals surface area (Å²) in [5, 5.41) is 0.730. The highest BCUT2D eigenvalue weighted by Gasteiger charge is 1.98. The number of ether oxygens (including phenoxy) is 1. The highest BCUT2D eigenvalue weighted by atomic mass is 35.5. The van der Waals surface area contributed by atoms with Crippen LogP contribution in [0.15, 0.2) is 83.9 Å². The average Bonchev–Trinajstić information content (AvgIpc) is 2.61. The van der Waals surface area contributed by atoms with Crippen molar-refractivity contribution in [3.05, 3.63) is 95.0 Å². The zero-order valence-corrected chi connectivity index (χ0v) is 13.3. The predicted octanol–water partition coefficient (Wildman–Crippen LogP) is 5.67. The van der Waals surface area contributed by atoms with E-state index in [1.54, 1.807) is 0 Å². The van der Waals surface area contributed by atoms with Crippen LogP contribution in [0.25, 0.3) is 0 Å². The number of nitrogens with zero attached hydrogens (tertiary/aromatic N) is 1. The van der Waals surface area contributed by atoms with Gasteiger partial charge >= 0.3 is 0 Å². The van der Waals surface area contributed by atoms with Gasteiger partial charge in [-0.2, -0.15) is 0 Å².